The molecule has 0 aromatic rings. The second-order valence-electron chi connectivity index (χ2n) is 5.60. The molecule has 86 valence electrons. The largest absolute Gasteiger partial charge is 0.373 e. The first-order valence-electron chi connectivity index (χ1n) is 6.39. The molecule has 0 saturated carbocycles. The van der Waals surface area contributed by atoms with Crippen LogP contribution in [0.4, 0.5) is 0 Å². The number of hydrogen-bond donors (Lipinski definition) is 1. The van der Waals surface area contributed by atoms with E-state index in [0.29, 0.717) is 30.2 Å². The molecule has 0 aromatic heterocycles. The predicted molar refractivity (Wildman–Crippen MR) is 59.6 cm³/mol. The van der Waals surface area contributed by atoms with Gasteiger partial charge in [-0.15, -0.1) is 0 Å². The topological polar surface area (TPSA) is 38.5 Å². The van der Waals surface area contributed by atoms with E-state index in [-0.39, 0.29) is 0 Å². The van der Waals surface area contributed by atoms with Crippen LogP contribution in [0.2, 0.25) is 0 Å². The van der Waals surface area contributed by atoms with E-state index in [4.69, 9.17) is 10.5 Å². The molecule has 3 nitrogen and oxygen atoms in total. The lowest BCUT2D eigenvalue weighted by molar-refractivity contribution is 0.0495. The molecule has 3 saturated heterocycles. The first-order valence-corrected chi connectivity index (χ1v) is 6.39. The van der Waals surface area contributed by atoms with E-state index >= 15 is 0 Å². The van der Waals surface area contributed by atoms with E-state index in [0.717, 1.165) is 6.42 Å². The molecular weight excluding hydrogens is 188 g/mol. The first kappa shape index (κ1) is 10.1. The van der Waals surface area contributed by atoms with Gasteiger partial charge in [0.15, 0.2) is 0 Å². The second kappa shape index (κ2) is 3.72. The second-order valence-corrected chi connectivity index (χ2v) is 5.60. The summed E-state index contributed by atoms with van der Waals surface area (Å²) in [6.45, 7) is 4.64. The number of likely N-dealkylation sites (tertiary alicyclic amines) is 1. The van der Waals surface area contributed by atoms with E-state index in [1.54, 1.807) is 0 Å². The number of rotatable bonds is 1. The molecule has 0 spiro atoms. The highest BCUT2D eigenvalue weighted by Crippen LogP contribution is 2.38. The van der Waals surface area contributed by atoms with Crippen LogP contribution in [0.15, 0.2) is 0 Å². The van der Waals surface area contributed by atoms with Crippen LogP contribution in [0.25, 0.3) is 0 Å². The summed E-state index contributed by atoms with van der Waals surface area (Å²) in [6, 6.07) is 1.12. The Labute approximate surface area is 91.9 Å². The Bertz CT molecular complexity index is 246. The summed E-state index contributed by atoms with van der Waals surface area (Å²) < 4.78 is 5.93. The Balaban J connectivity index is 1.63. The van der Waals surface area contributed by atoms with E-state index in [1.165, 1.54) is 32.4 Å². The number of nitrogens with zero attached hydrogens (tertiary/aromatic N) is 1. The Morgan fingerprint density at radius 1 is 1.27 bits per heavy atom. The van der Waals surface area contributed by atoms with Crippen molar-refractivity contribution in [1.29, 1.82) is 0 Å². The van der Waals surface area contributed by atoms with Gasteiger partial charge in [-0.05, 0) is 31.6 Å². The Morgan fingerprint density at radius 3 is 2.73 bits per heavy atom. The molecule has 0 radical (unpaired) electrons. The molecular formula is C12H22N2O. The SMILES string of the molecule is CC1CN(C2CC3CCC2O3)CCC1N. The van der Waals surface area contributed by atoms with Gasteiger partial charge in [-0.25, -0.2) is 0 Å². The zero-order valence-corrected chi connectivity index (χ0v) is 9.56. The monoisotopic (exact) mass is 210 g/mol. The molecule has 3 heterocycles. The minimum Gasteiger partial charge on any atom is -0.373 e. The molecule has 0 amide bonds. The van der Waals surface area contributed by atoms with Crippen molar-refractivity contribution in [3.8, 4) is 0 Å². The first-order chi connectivity index (χ1) is 7.24. The lowest BCUT2D eigenvalue weighted by atomic mass is 9.89. The number of fused-ring (bicyclic) bond motifs is 2. The Morgan fingerprint density at radius 2 is 2.13 bits per heavy atom. The number of nitrogens with two attached hydrogens (primary N) is 1. The third-order valence-corrected chi connectivity index (χ3v) is 4.55. The van der Waals surface area contributed by atoms with Crippen molar-refractivity contribution in [1.82, 2.24) is 4.90 Å². The number of piperidine rings is 1. The van der Waals surface area contributed by atoms with E-state index < -0.39 is 0 Å². The van der Waals surface area contributed by atoms with Gasteiger partial charge >= 0.3 is 0 Å². The van der Waals surface area contributed by atoms with Crippen LogP contribution in [0.1, 0.15) is 32.6 Å². The van der Waals surface area contributed by atoms with Gasteiger partial charge in [-0.2, -0.15) is 0 Å². The Hall–Kier alpha value is -0.120. The van der Waals surface area contributed by atoms with Gasteiger partial charge < -0.3 is 10.5 Å². The van der Waals surface area contributed by atoms with Crippen molar-refractivity contribution in [2.45, 2.75) is 56.9 Å². The molecule has 3 fully saturated rings. The molecule has 15 heavy (non-hydrogen) atoms. The summed E-state index contributed by atoms with van der Waals surface area (Å²) in [5.74, 6) is 0.651. The summed E-state index contributed by atoms with van der Waals surface area (Å²) in [5.41, 5.74) is 6.06. The van der Waals surface area contributed by atoms with E-state index in [1.807, 2.05) is 0 Å². The maximum Gasteiger partial charge on any atom is 0.0735 e. The quantitative estimate of drug-likeness (QED) is 0.701. The molecule has 3 aliphatic heterocycles. The summed E-state index contributed by atoms with van der Waals surface area (Å²) in [6.07, 6.45) is 6.13. The molecule has 3 heteroatoms. The summed E-state index contributed by atoms with van der Waals surface area (Å²) in [7, 11) is 0. The van der Waals surface area contributed by atoms with Gasteiger partial charge in [0.1, 0.15) is 0 Å². The highest BCUT2D eigenvalue weighted by molar-refractivity contribution is 4.97. The standard InChI is InChI=1S/C12H22N2O/c1-8-7-14(5-4-10(8)13)11-6-9-2-3-12(11)15-9/h8-12H,2-7,13H2,1H3. The van der Waals surface area contributed by atoms with Crippen LogP contribution in [-0.2, 0) is 4.74 Å². The van der Waals surface area contributed by atoms with Crippen LogP contribution in [0.3, 0.4) is 0 Å². The van der Waals surface area contributed by atoms with Gasteiger partial charge in [0, 0.05) is 25.2 Å². The molecule has 5 unspecified atom stereocenters. The fourth-order valence-electron chi connectivity index (χ4n) is 3.49. The van der Waals surface area contributed by atoms with Crippen LogP contribution in [0.5, 0.6) is 0 Å². The average Bonchev–Trinajstić information content (AvgIpc) is 2.83. The van der Waals surface area contributed by atoms with Crippen LogP contribution < -0.4 is 5.73 Å². The van der Waals surface area contributed by atoms with Gasteiger partial charge in [0.05, 0.1) is 12.2 Å². The minimum absolute atomic E-state index is 0.417. The van der Waals surface area contributed by atoms with E-state index in [2.05, 4.69) is 11.8 Å². The summed E-state index contributed by atoms with van der Waals surface area (Å²) in [5, 5.41) is 0. The lowest BCUT2D eigenvalue weighted by Gasteiger charge is -2.40. The van der Waals surface area contributed by atoms with Gasteiger partial charge in [-0.3, -0.25) is 4.90 Å². The van der Waals surface area contributed by atoms with Gasteiger partial charge in [0.25, 0.3) is 0 Å². The number of hydrogen-bond acceptors (Lipinski definition) is 3. The minimum atomic E-state index is 0.417. The highest BCUT2D eigenvalue weighted by Gasteiger charge is 2.44. The molecule has 5 atom stereocenters. The van der Waals surface area contributed by atoms with Crippen molar-refractivity contribution in [2.75, 3.05) is 13.1 Å². The summed E-state index contributed by atoms with van der Waals surface area (Å²) >= 11 is 0. The third-order valence-electron chi connectivity index (χ3n) is 4.55. The van der Waals surface area contributed by atoms with Crippen molar-refractivity contribution in [3.63, 3.8) is 0 Å². The molecule has 3 rings (SSSR count). The average molecular weight is 210 g/mol. The smallest absolute Gasteiger partial charge is 0.0735 e. The zero-order chi connectivity index (χ0) is 10.4. The van der Waals surface area contributed by atoms with Crippen LogP contribution in [-0.4, -0.2) is 42.3 Å². The maximum absolute atomic E-state index is 6.06. The van der Waals surface area contributed by atoms with Crippen molar-refractivity contribution in [2.24, 2.45) is 11.7 Å². The third kappa shape index (κ3) is 1.71. The van der Waals surface area contributed by atoms with Crippen LogP contribution in [0, 0.1) is 5.92 Å². The van der Waals surface area contributed by atoms with Crippen molar-refractivity contribution in [3.05, 3.63) is 0 Å². The Kier molecular flexibility index (Phi) is 2.49. The normalized spacial score (nSPS) is 51.2. The molecule has 3 aliphatic rings. The number of ether oxygens (including phenoxy) is 1. The molecule has 0 aromatic carbocycles. The van der Waals surface area contributed by atoms with E-state index in [9.17, 15) is 0 Å². The fraction of sp³-hybridized carbons (Fsp3) is 1.00. The zero-order valence-electron chi connectivity index (χ0n) is 9.56. The summed E-state index contributed by atoms with van der Waals surface area (Å²) in [4.78, 5) is 2.64. The van der Waals surface area contributed by atoms with Crippen molar-refractivity contribution < 1.29 is 4.74 Å². The van der Waals surface area contributed by atoms with Gasteiger partial charge in [-0.1, -0.05) is 6.92 Å². The molecule has 2 bridgehead atoms. The van der Waals surface area contributed by atoms with Crippen molar-refractivity contribution >= 4 is 0 Å². The fourth-order valence-corrected chi connectivity index (χ4v) is 3.49. The maximum atomic E-state index is 6.06. The predicted octanol–water partition coefficient (Wildman–Crippen LogP) is 0.975. The molecule has 2 N–H and O–H groups in total. The lowest BCUT2D eigenvalue weighted by Crippen LogP contribution is -2.52. The van der Waals surface area contributed by atoms with Crippen LogP contribution >= 0.6 is 0 Å². The highest BCUT2D eigenvalue weighted by atomic mass is 16.5. The molecule has 0 aliphatic carbocycles. The van der Waals surface area contributed by atoms with Gasteiger partial charge in [0.2, 0.25) is 0 Å².